The first kappa shape index (κ1) is 19.6. The van der Waals surface area contributed by atoms with Gasteiger partial charge < -0.3 is 10.1 Å². The topological polar surface area (TPSA) is 77.0 Å². The zero-order valence-corrected chi connectivity index (χ0v) is 14.8. The molecule has 10 heteroatoms. The summed E-state index contributed by atoms with van der Waals surface area (Å²) in [6.07, 6.45) is -1.90. The molecule has 2 heterocycles. The molecule has 144 valence electrons. The quantitative estimate of drug-likeness (QED) is 0.677. The first-order valence-corrected chi connectivity index (χ1v) is 8.24. The van der Waals surface area contributed by atoms with Crippen molar-refractivity contribution in [1.82, 2.24) is 15.2 Å². The first-order chi connectivity index (χ1) is 13.3. The normalized spacial score (nSPS) is 11.1. The van der Waals surface area contributed by atoms with E-state index in [1.54, 1.807) is 30.3 Å². The number of carbonyl (C=O) groups excluding carboxylic acids is 1. The third-order valence-corrected chi connectivity index (χ3v) is 3.69. The summed E-state index contributed by atoms with van der Waals surface area (Å²) in [5.74, 6) is -0.766. The van der Waals surface area contributed by atoms with Crippen molar-refractivity contribution in [2.24, 2.45) is 0 Å². The molecule has 0 spiro atoms. The molecule has 0 unspecified atom stereocenters. The number of aromatic nitrogens is 3. The molecule has 1 aromatic carbocycles. The highest BCUT2D eigenvalue weighted by atomic mass is 35.5. The van der Waals surface area contributed by atoms with E-state index in [4.69, 9.17) is 16.3 Å². The monoisotopic (exact) mass is 408 g/mol. The molecule has 6 nitrogen and oxygen atoms in total. The number of alkyl halides is 3. The number of hydrogen-bond acceptors (Lipinski definition) is 5. The maximum absolute atomic E-state index is 12.5. The number of rotatable bonds is 5. The van der Waals surface area contributed by atoms with E-state index >= 15 is 0 Å². The Bertz CT molecular complexity index is 967. The van der Waals surface area contributed by atoms with Crippen molar-refractivity contribution in [1.29, 1.82) is 0 Å². The summed E-state index contributed by atoms with van der Waals surface area (Å²) in [4.78, 5) is 16.1. The van der Waals surface area contributed by atoms with Crippen LogP contribution in [0.4, 0.5) is 18.9 Å². The lowest BCUT2D eigenvalue weighted by Crippen LogP contribution is -2.20. The van der Waals surface area contributed by atoms with Gasteiger partial charge in [-0.1, -0.05) is 23.7 Å². The predicted octanol–water partition coefficient (Wildman–Crippen LogP) is 4.39. The van der Waals surface area contributed by atoms with Gasteiger partial charge in [-0.05, 0) is 35.9 Å². The molecular formula is C18H12ClF3N4O2. The molecule has 0 saturated carbocycles. The van der Waals surface area contributed by atoms with E-state index in [1.165, 1.54) is 24.5 Å². The summed E-state index contributed by atoms with van der Waals surface area (Å²) in [6.45, 7) is -1.49. The van der Waals surface area contributed by atoms with Gasteiger partial charge in [0.15, 0.2) is 12.3 Å². The number of benzene rings is 1. The highest BCUT2D eigenvalue weighted by Gasteiger charge is 2.29. The molecule has 28 heavy (non-hydrogen) atoms. The third-order valence-electron chi connectivity index (χ3n) is 3.44. The average Bonchev–Trinajstić information content (AvgIpc) is 2.67. The average molecular weight is 409 g/mol. The molecular weight excluding hydrogens is 397 g/mol. The summed E-state index contributed by atoms with van der Waals surface area (Å²) in [7, 11) is 0. The second kappa shape index (κ2) is 8.22. The molecule has 3 aromatic rings. The Morgan fingerprint density at radius 2 is 1.93 bits per heavy atom. The zero-order chi connectivity index (χ0) is 20.1. The lowest BCUT2D eigenvalue weighted by atomic mass is 10.1. The second-order valence-corrected chi connectivity index (χ2v) is 5.99. The predicted molar refractivity (Wildman–Crippen MR) is 96.2 cm³/mol. The summed E-state index contributed by atoms with van der Waals surface area (Å²) in [5, 5.41) is 10.3. The minimum absolute atomic E-state index is 0.0768. The van der Waals surface area contributed by atoms with Crippen molar-refractivity contribution < 1.29 is 22.7 Å². The van der Waals surface area contributed by atoms with Crippen molar-refractivity contribution in [3.05, 3.63) is 65.6 Å². The van der Waals surface area contributed by atoms with Crippen molar-refractivity contribution in [2.75, 3.05) is 11.9 Å². The van der Waals surface area contributed by atoms with Crippen LogP contribution < -0.4 is 10.1 Å². The molecule has 1 amide bonds. The minimum atomic E-state index is -4.52. The number of amides is 1. The molecule has 0 aliphatic heterocycles. The van der Waals surface area contributed by atoms with Crippen LogP contribution in [0.2, 0.25) is 5.02 Å². The van der Waals surface area contributed by atoms with E-state index in [9.17, 15) is 18.0 Å². The van der Waals surface area contributed by atoms with Crippen LogP contribution in [0, 0.1) is 0 Å². The number of anilines is 1. The van der Waals surface area contributed by atoms with Gasteiger partial charge in [-0.2, -0.15) is 18.3 Å². The van der Waals surface area contributed by atoms with Gasteiger partial charge in [-0.3, -0.25) is 4.79 Å². The van der Waals surface area contributed by atoms with Crippen LogP contribution in [0.15, 0.2) is 54.9 Å². The maximum Gasteiger partial charge on any atom is 0.422 e. The van der Waals surface area contributed by atoms with E-state index in [2.05, 4.69) is 20.5 Å². The first-order valence-electron chi connectivity index (χ1n) is 7.86. The lowest BCUT2D eigenvalue weighted by Gasteiger charge is -2.14. The maximum atomic E-state index is 12.5. The number of nitrogens with zero attached hydrogens (tertiary/aromatic N) is 3. The standard InChI is InChI=1S/C18H12ClF3N4O2/c19-12-5-3-11(4-6-12)14-8-13(9-23-17(14)28-10-18(20,21)22)25-16(27)15-2-1-7-24-26-15/h1-9H,10H2,(H,25,27). The highest BCUT2D eigenvalue weighted by molar-refractivity contribution is 6.30. The minimum Gasteiger partial charge on any atom is -0.468 e. The SMILES string of the molecule is O=C(Nc1cnc(OCC(F)(F)F)c(-c2ccc(Cl)cc2)c1)c1cccnn1. The number of hydrogen-bond donors (Lipinski definition) is 1. The van der Waals surface area contributed by atoms with E-state index < -0.39 is 18.7 Å². The van der Waals surface area contributed by atoms with E-state index in [0.717, 1.165) is 0 Å². The van der Waals surface area contributed by atoms with Gasteiger partial charge >= 0.3 is 6.18 Å². The van der Waals surface area contributed by atoms with Crippen LogP contribution in [0.25, 0.3) is 11.1 Å². The number of ether oxygens (including phenoxy) is 1. The molecule has 1 N–H and O–H groups in total. The van der Waals surface area contributed by atoms with Crippen LogP contribution >= 0.6 is 11.6 Å². The fourth-order valence-electron chi connectivity index (χ4n) is 2.24. The summed E-state index contributed by atoms with van der Waals surface area (Å²) < 4.78 is 42.4. The molecule has 0 radical (unpaired) electrons. The van der Waals surface area contributed by atoms with Crippen molar-refractivity contribution in [3.63, 3.8) is 0 Å². The van der Waals surface area contributed by atoms with Gasteiger partial charge in [-0.15, -0.1) is 5.10 Å². The van der Waals surface area contributed by atoms with Crippen LogP contribution in [-0.4, -0.2) is 33.9 Å². The van der Waals surface area contributed by atoms with Gasteiger partial charge in [0, 0.05) is 16.8 Å². The van der Waals surface area contributed by atoms with E-state index in [0.29, 0.717) is 10.6 Å². The summed E-state index contributed by atoms with van der Waals surface area (Å²) in [5.41, 5.74) is 1.11. The van der Waals surface area contributed by atoms with Crippen molar-refractivity contribution in [3.8, 4) is 17.0 Å². The van der Waals surface area contributed by atoms with E-state index in [-0.39, 0.29) is 22.8 Å². The van der Waals surface area contributed by atoms with Crippen LogP contribution in [0.1, 0.15) is 10.5 Å². The van der Waals surface area contributed by atoms with E-state index in [1.807, 2.05) is 0 Å². The Kier molecular flexibility index (Phi) is 5.74. The number of carbonyl (C=O) groups is 1. The van der Waals surface area contributed by atoms with Gasteiger partial charge in [0.2, 0.25) is 5.88 Å². The Hall–Kier alpha value is -3.20. The molecule has 3 rings (SSSR count). The zero-order valence-electron chi connectivity index (χ0n) is 14.1. The van der Waals surface area contributed by atoms with Gasteiger partial charge in [-0.25, -0.2) is 4.98 Å². The smallest absolute Gasteiger partial charge is 0.422 e. The second-order valence-electron chi connectivity index (χ2n) is 5.55. The Morgan fingerprint density at radius 3 is 2.57 bits per heavy atom. The fourth-order valence-corrected chi connectivity index (χ4v) is 2.37. The number of nitrogens with one attached hydrogen (secondary N) is 1. The fraction of sp³-hybridized carbons (Fsp3) is 0.111. The van der Waals surface area contributed by atoms with Crippen LogP contribution in [0.5, 0.6) is 5.88 Å². The molecule has 0 atom stereocenters. The Morgan fingerprint density at radius 1 is 1.18 bits per heavy atom. The Balaban J connectivity index is 1.91. The lowest BCUT2D eigenvalue weighted by molar-refractivity contribution is -0.154. The molecule has 2 aromatic heterocycles. The van der Waals surface area contributed by atoms with Crippen molar-refractivity contribution in [2.45, 2.75) is 6.18 Å². The third kappa shape index (κ3) is 5.17. The van der Waals surface area contributed by atoms with Gasteiger partial charge in [0.1, 0.15) is 0 Å². The number of pyridine rings is 1. The highest BCUT2D eigenvalue weighted by Crippen LogP contribution is 2.32. The summed E-state index contributed by atoms with van der Waals surface area (Å²) >= 11 is 5.86. The molecule has 0 saturated heterocycles. The van der Waals surface area contributed by atoms with Gasteiger partial charge in [0.25, 0.3) is 5.91 Å². The van der Waals surface area contributed by atoms with Crippen molar-refractivity contribution >= 4 is 23.2 Å². The summed E-state index contributed by atoms with van der Waals surface area (Å²) in [6, 6.07) is 10.8. The van der Waals surface area contributed by atoms with Crippen LogP contribution in [-0.2, 0) is 0 Å². The Labute approximate surface area is 162 Å². The molecule has 0 aliphatic rings. The largest absolute Gasteiger partial charge is 0.468 e. The van der Waals surface area contributed by atoms with Crippen LogP contribution in [0.3, 0.4) is 0 Å². The molecule has 0 bridgehead atoms. The number of halogens is 4. The molecule has 0 fully saturated rings. The molecule has 0 aliphatic carbocycles. The van der Waals surface area contributed by atoms with Gasteiger partial charge in [0.05, 0.1) is 11.9 Å².